The zero-order valence-corrected chi connectivity index (χ0v) is 25.9. The smallest absolute Gasteiger partial charge is 0.187 e. The van der Waals surface area contributed by atoms with Crippen molar-refractivity contribution < 1.29 is 9.15 Å². The number of fused-ring (bicyclic) bond motifs is 11. The van der Waals surface area contributed by atoms with Crippen molar-refractivity contribution in [1.82, 2.24) is 4.57 Å². The largest absolute Gasteiger partial charge is 0.469 e. The fourth-order valence-corrected chi connectivity index (χ4v) is 8.21. The monoisotopic (exact) mass is 616 g/mol. The number of anilines is 2. The molecule has 0 amide bonds. The molecule has 0 bridgehead atoms. The molecule has 4 heteroatoms. The van der Waals surface area contributed by atoms with Gasteiger partial charge in [-0.15, -0.1) is 0 Å². The summed E-state index contributed by atoms with van der Waals surface area (Å²) in [7, 11) is 0. The molecule has 9 aromatic rings. The molecule has 4 heterocycles. The Bertz CT molecular complexity index is 2680. The molecule has 48 heavy (non-hydrogen) atoms. The molecular weight excluding hydrogens is 588 g/mol. The van der Waals surface area contributed by atoms with E-state index in [-0.39, 0.29) is 12.1 Å². The minimum absolute atomic E-state index is 0.114. The molecular formula is C44H28N2O2. The van der Waals surface area contributed by atoms with Crippen molar-refractivity contribution in [3.8, 4) is 22.6 Å². The molecule has 4 nitrogen and oxygen atoms in total. The van der Waals surface area contributed by atoms with Crippen LogP contribution < -0.4 is 9.64 Å². The number of nitrogens with zero attached hydrogens (tertiary/aromatic N) is 2. The third-order valence-corrected chi connectivity index (χ3v) is 10.3. The third-order valence-electron chi connectivity index (χ3n) is 10.3. The van der Waals surface area contributed by atoms with Crippen LogP contribution in [0.25, 0.3) is 60.6 Å². The van der Waals surface area contributed by atoms with Gasteiger partial charge in [-0.1, -0.05) is 91.0 Å². The number of aromatic nitrogens is 1. The van der Waals surface area contributed by atoms with E-state index in [0.29, 0.717) is 0 Å². The zero-order chi connectivity index (χ0) is 31.3. The van der Waals surface area contributed by atoms with Gasteiger partial charge in [0.2, 0.25) is 0 Å². The summed E-state index contributed by atoms with van der Waals surface area (Å²) in [6.45, 7) is 0. The summed E-state index contributed by atoms with van der Waals surface area (Å²) in [5.74, 6) is 1.10. The van der Waals surface area contributed by atoms with Gasteiger partial charge in [-0.2, -0.15) is 0 Å². The fourth-order valence-electron chi connectivity index (χ4n) is 8.21. The summed E-state index contributed by atoms with van der Waals surface area (Å²) in [4.78, 5) is 2.34. The summed E-state index contributed by atoms with van der Waals surface area (Å²) in [6, 6.07) is 56.2. The molecule has 0 aliphatic carbocycles. The van der Waals surface area contributed by atoms with Crippen molar-refractivity contribution in [1.29, 1.82) is 0 Å². The predicted molar refractivity (Wildman–Crippen MR) is 195 cm³/mol. The number of ether oxygens (including phenoxy) is 1. The Morgan fingerprint density at radius 3 is 1.92 bits per heavy atom. The number of hydrogen-bond donors (Lipinski definition) is 0. The number of para-hydroxylation sites is 4. The van der Waals surface area contributed by atoms with Crippen molar-refractivity contribution >= 4 is 55.1 Å². The first kappa shape index (κ1) is 25.9. The standard InChI is InChI=1S/C44H28N2O2/c1-2-10-29(11-3-1)46-39-17-9-6-14-35(39)43-36-22-19-28(25-41(36)48-44(43)46)27-18-21-33-34-23-20-30(26-42(34)47-40(33)24-27)45-37-15-7-4-12-31(37)32-13-5-8-16-38(32)45/h1-26,43-44H. The molecule has 0 spiro atoms. The second kappa shape index (κ2) is 9.63. The van der Waals surface area contributed by atoms with Crippen LogP contribution >= 0.6 is 0 Å². The van der Waals surface area contributed by atoms with Crippen LogP contribution in [-0.4, -0.2) is 10.8 Å². The van der Waals surface area contributed by atoms with Gasteiger partial charge in [-0.05, 0) is 77.4 Å². The van der Waals surface area contributed by atoms with Crippen LogP contribution in [0.3, 0.4) is 0 Å². The minimum Gasteiger partial charge on any atom is -0.469 e. The first-order chi connectivity index (χ1) is 23.8. The van der Waals surface area contributed by atoms with E-state index in [1.807, 2.05) is 0 Å². The Morgan fingerprint density at radius 1 is 0.458 bits per heavy atom. The molecule has 2 unspecified atom stereocenters. The van der Waals surface area contributed by atoms with Crippen LogP contribution in [-0.2, 0) is 0 Å². The highest BCUT2D eigenvalue weighted by Gasteiger charge is 2.47. The van der Waals surface area contributed by atoms with Gasteiger partial charge in [0, 0.05) is 50.2 Å². The van der Waals surface area contributed by atoms with E-state index in [9.17, 15) is 0 Å². The maximum Gasteiger partial charge on any atom is 0.187 e. The summed E-state index contributed by atoms with van der Waals surface area (Å²) >= 11 is 0. The Kier molecular flexibility index (Phi) is 5.19. The summed E-state index contributed by atoms with van der Waals surface area (Å²) in [5, 5.41) is 4.73. The Labute approximate surface area is 276 Å². The van der Waals surface area contributed by atoms with Gasteiger partial charge in [0.1, 0.15) is 16.9 Å². The van der Waals surface area contributed by atoms with Crippen LogP contribution in [0.1, 0.15) is 17.0 Å². The highest BCUT2D eigenvalue weighted by atomic mass is 16.5. The van der Waals surface area contributed by atoms with Gasteiger partial charge in [-0.25, -0.2) is 0 Å². The average Bonchev–Trinajstić information content (AvgIpc) is 3.88. The molecule has 2 aliphatic heterocycles. The van der Waals surface area contributed by atoms with Crippen LogP contribution in [0.4, 0.5) is 11.4 Å². The van der Waals surface area contributed by atoms with Gasteiger partial charge in [0.15, 0.2) is 6.23 Å². The van der Waals surface area contributed by atoms with Crippen LogP contribution in [0, 0.1) is 0 Å². The molecule has 2 aromatic heterocycles. The number of hydrogen-bond acceptors (Lipinski definition) is 3. The predicted octanol–water partition coefficient (Wildman–Crippen LogP) is 11.4. The van der Waals surface area contributed by atoms with Gasteiger partial charge in [0.25, 0.3) is 0 Å². The third kappa shape index (κ3) is 3.54. The Hall–Kier alpha value is -6.26. The first-order valence-corrected chi connectivity index (χ1v) is 16.5. The van der Waals surface area contributed by atoms with E-state index in [0.717, 1.165) is 50.2 Å². The molecule has 7 aromatic carbocycles. The molecule has 2 aliphatic rings. The molecule has 0 saturated heterocycles. The number of benzene rings is 7. The summed E-state index contributed by atoms with van der Waals surface area (Å²) < 4.78 is 15.7. The van der Waals surface area contributed by atoms with E-state index >= 15 is 0 Å². The quantitative estimate of drug-likeness (QED) is 0.198. The second-order valence-corrected chi connectivity index (χ2v) is 12.9. The van der Waals surface area contributed by atoms with Crippen LogP contribution in [0.5, 0.6) is 5.75 Å². The maximum atomic E-state index is 6.79. The number of furan rings is 1. The minimum atomic E-state index is -0.114. The van der Waals surface area contributed by atoms with Gasteiger partial charge in [0.05, 0.1) is 17.0 Å². The lowest BCUT2D eigenvalue weighted by Gasteiger charge is -2.26. The van der Waals surface area contributed by atoms with Crippen LogP contribution in [0.15, 0.2) is 162 Å². The van der Waals surface area contributed by atoms with E-state index in [4.69, 9.17) is 9.15 Å². The Balaban J connectivity index is 0.985. The van der Waals surface area contributed by atoms with E-state index in [1.165, 1.54) is 38.6 Å². The van der Waals surface area contributed by atoms with E-state index in [2.05, 4.69) is 167 Å². The van der Waals surface area contributed by atoms with Gasteiger partial charge < -0.3 is 18.6 Å². The molecule has 0 saturated carbocycles. The topological polar surface area (TPSA) is 30.5 Å². The average molecular weight is 617 g/mol. The molecule has 2 atom stereocenters. The zero-order valence-electron chi connectivity index (χ0n) is 25.9. The lowest BCUT2D eigenvalue weighted by atomic mass is 9.91. The van der Waals surface area contributed by atoms with Crippen molar-refractivity contribution in [2.45, 2.75) is 12.1 Å². The van der Waals surface area contributed by atoms with Crippen molar-refractivity contribution in [3.05, 3.63) is 169 Å². The SMILES string of the molecule is c1ccc(N2c3ccccc3C3c4ccc(-c5ccc6c(c5)oc5cc(-n7c8ccccc8c8ccccc87)ccc56)cc4OC32)cc1. The molecule has 0 radical (unpaired) electrons. The highest BCUT2D eigenvalue weighted by Crippen LogP contribution is 2.55. The molecule has 0 N–H and O–H groups in total. The van der Waals surface area contributed by atoms with Crippen LogP contribution in [0.2, 0.25) is 0 Å². The Morgan fingerprint density at radius 2 is 1.10 bits per heavy atom. The lowest BCUT2D eigenvalue weighted by molar-refractivity contribution is 0.234. The molecule has 11 rings (SSSR count). The van der Waals surface area contributed by atoms with Crippen molar-refractivity contribution in [2.24, 2.45) is 0 Å². The fraction of sp³-hybridized carbons (Fsp3) is 0.0455. The van der Waals surface area contributed by atoms with Crippen molar-refractivity contribution in [3.63, 3.8) is 0 Å². The second-order valence-electron chi connectivity index (χ2n) is 12.9. The lowest BCUT2D eigenvalue weighted by Crippen LogP contribution is -2.32. The normalized spacial score (nSPS) is 16.5. The molecule has 226 valence electrons. The molecule has 0 fully saturated rings. The first-order valence-electron chi connectivity index (χ1n) is 16.5. The van der Waals surface area contributed by atoms with E-state index < -0.39 is 0 Å². The highest BCUT2D eigenvalue weighted by molar-refractivity contribution is 6.10. The summed E-state index contributed by atoms with van der Waals surface area (Å²) in [6.07, 6.45) is -0.114. The van der Waals surface area contributed by atoms with Gasteiger partial charge in [-0.3, -0.25) is 0 Å². The van der Waals surface area contributed by atoms with Crippen molar-refractivity contribution in [2.75, 3.05) is 4.90 Å². The summed E-state index contributed by atoms with van der Waals surface area (Å²) in [5.41, 5.74) is 12.3. The van der Waals surface area contributed by atoms with E-state index in [1.54, 1.807) is 0 Å². The number of rotatable bonds is 3. The maximum absolute atomic E-state index is 6.79. The van der Waals surface area contributed by atoms with Gasteiger partial charge >= 0.3 is 0 Å².